The molecule has 0 radical (unpaired) electrons. The van der Waals surface area contributed by atoms with Crippen molar-refractivity contribution in [1.29, 1.82) is 0 Å². The zero-order chi connectivity index (χ0) is 12.3. The van der Waals surface area contributed by atoms with Crippen LogP contribution in [0.4, 0.5) is 0 Å². The van der Waals surface area contributed by atoms with Gasteiger partial charge in [-0.25, -0.2) is 0 Å². The summed E-state index contributed by atoms with van der Waals surface area (Å²) in [6, 6.07) is 0. The van der Waals surface area contributed by atoms with Crippen molar-refractivity contribution in [2.45, 2.75) is 44.6 Å². The zero-order valence-electron chi connectivity index (χ0n) is 10.6. The highest BCUT2D eigenvalue weighted by molar-refractivity contribution is 7.99. The monoisotopic (exact) mass is 257 g/mol. The molecule has 1 heterocycles. The van der Waals surface area contributed by atoms with Gasteiger partial charge in [0.05, 0.1) is 12.1 Å². The maximum atomic E-state index is 12.1. The van der Waals surface area contributed by atoms with Crippen LogP contribution in [0.3, 0.4) is 0 Å². The minimum Gasteiger partial charge on any atom is -0.394 e. The molecule has 17 heavy (non-hydrogen) atoms. The number of rotatable bonds is 3. The third kappa shape index (κ3) is 3.16. The first-order valence-electron chi connectivity index (χ1n) is 6.66. The van der Waals surface area contributed by atoms with Crippen molar-refractivity contribution in [2.24, 2.45) is 11.8 Å². The fourth-order valence-electron chi connectivity index (χ4n) is 3.06. The number of carbonyl (C=O) groups excluding carboxylic acids is 1. The van der Waals surface area contributed by atoms with Gasteiger partial charge in [0.25, 0.3) is 0 Å². The van der Waals surface area contributed by atoms with Crippen LogP contribution in [0.2, 0.25) is 0 Å². The highest BCUT2D eigenvalue weighted by Crippen LogP contribution is 2.33. The Morgan fingerprint density at radius 2 is 2.35 bits per heavy atom. The van der Waals surface area contributed by atoms with E-state index in [0.717, 1.165) is 37.2 Å². The summed E-state index contributed by atoms with van der Waals surface area (Å²) in [6.45, 7) is 2.30. The van der Waals surface area contributed by atoms with Crippen molar-refractivity contribution in [3.8, 4) is 0 Å². The van der Waals surface area contributed by atoms with Crippen LogP contribution in [0.25, 0.3) is 0 Å². The molecule has 1 saturated heterocycles. The predicted octanol–water partition coefficient (Wildman–Crippen LogP) is 1.80. The molecule has 1 aliphatic heterocycles. The smallest absolute Gasteiger partial charge is 0.224 e. The van der Waals surface area contributed by atoms with Gasteiger partial charge in [0.15, 0.2) is 0 Å². The molecule has 2 aliphatic rings. The SMILES string of the molecule is CC1CCCC(CO)(NC(=O)C2CCSC2)C1. The van der Waals surface area contributed by atoms with Crippen LogP contribution in [0.5, 0.6) is 0 Å². The van der Waals surface area contributed by atoms with Gasteiger partial charge in [-0.3, -0.25) is 4.79 Å². The van der Waals surface area contributed by atoms with E-state index in [1.165, 1.54) is 6.42 Å². The van der Waals surface area contributed by atoms with Gasteiger partial charge in [-0.1, -0.05) is 19.8 Å². The number of hydrogen-bond donors (Lipinski definition) is 2. The quantitative estimate of drug-likeness (QED) is 0.810. The third-order valence-electron chi connectivity index (χ3n) is 4.08. The molecule has 1 amide bonds. The largest absolute Gasteiger partial charge is 0.394 e. The van der Waals surface area contributed by atoms with Crippen LogP contribution in [-0.2, 0) is 4.79 Å². The molecular weight excluding hydrogens is 234 g/mol. The third-order valence-corrected chi connectivity index (χ3v) is 5.25. The Labute approximate surface area is 108 Å². The van der Waals surface area contributed by atoms with Gasteiger partial charge < -0.3 is 10.4 Å². The Balaban J connectivity index is 1.95. The van der Waals surface area contributed by atoms with E-state index in [-0.39, 0.29) is 24.0 Å². The van der Waals surface area contributed by atoms with Crippen molar-refractivity contribution in [1.82, 2.24) is 5.32 Å². The second-order valence-corrected chi connectivity index (χ2v) is 6.84. The summed E-state index contributed by atoms with van der Waals surface area (Å²) in [7, 11) is 0. The molecule has 0 aromatic carbocycles. The molecule has 0 aromatic rings. The van der Waals surface area contributed by atoms with Crippen LogP contribution >= 0.6 is 11.8 Å². The Bertz CT molecular complexity index is 279. The Hall–Kier alpha value is -0.220. The lowest BCUT2D eigenvalue weighted by atomic mass is 9.76. The van der Waals surface area contributed by atoms with Crippen LogP contribution in [0.15, 0.2) is 0 Å². The normalized spacial score (nSPS) is 38.0. The topological polar surface area (TPSA) is 49.3 Å². The molecule has 3 atom stereocenters. The lowest BCUT2D eigenvalue weighted by Gasteiger charge is -2.40. The van der Waals surface area contributed by atoms with Crippen molar-refractivity contribution in [3.63, 3.8) is 0 Å². The minimum absolute atomic E-state index is 0.0863. The number of aliphatic hydroxyl groups excluding tert-OH is 1. The molecule has 1 aliphatic carbocycles. The molecule has 0 spiro atoms. The highest BCUT2D eigenvalue weighted by atomic mass is 32.2. The van der Waals surface area contributed by atoms with Crippen molar-refractivity contribution in [2.75, 3.05) is 18.1 Å². The summed E-state index contributed by atoms with van der Waals surface area (Å²) in [5.74, 6) is 2.98. The van der Waals surface area contributed by atoms with Crippen LogP contribution in [-0.4, -0.2) is 34.7 Å². The number of hydrogen-bond acceptors (Lipinski definition) is 3. The average Bonchev–Trinajstić information content (AvgIpc) is 2.82. The van der Waals surface area contributed by atoms with Gasteiger partial charge >= 0.3 is 0 Å². The van der Waals surface area contributed by atoms with Crippen LogP contribution in [0.1, 0.15) is 39.0 Å². The fraction of sp³-hybridized carbons (Fsp3) is 0.923. The van der Waals surface area contributed by atoms with Gasteiger partial charge in [-0.15, -0.1) is 0 Å². The van der Waals surface area contributed by atoms with E-state index in [2.05, 4.69) is 12.2 Å². The lowest BCUT2D eigenvalue weighted by Crippen LogP contribution is -2.55. The summed E-state index contributed by atoms with van der Waals surface area (Å²) in [5, 5.41) is 12.8. The molecule has 1 saturated carbocycles. The van der Waals surface area contributed by atoms with E-state index in [4.69, 9.17) is 0 Å². The van der Waals surface area contributed by atoms with Crippen molar-refractivity contribution in [3.05, 3.63) is 0 Å². The predicted molar refractivity (Wildman–Crippen MR) is 71.0 cm³/mol. The molecule has 0 aromatic heterocycles. The molecule has 3 unspecified atom stereocenters. The van der Waals surface area contributed by atoms with Gasteiger partial charge in [0.2, 0.25) is 5.91 Å². The van der Waals surface area contributed by atoms with E-state index in [1.54, 1.807) is 0 Å². The van der Waals surface area contributed by atoms with Gasteiger partial charge in [-0.05, 0) is 30.9 Å². The maximum absolute atomic E-state index is 12.1. The standard InChI is InChI=1S/C13H23NO2S/c1-10-3-2-5-13(7-10,9-15)14-12(16)11-4-6-17-8-11/h10-11,15H,2-9H2,1H3,(H,14,16). The summed E-state index contributed by atoms with van der Waals surface area (Å²) < 4.78 is 0. The Kier molecular flexibility index (Phi) is 4.36. The second kappa shape index (κ2) is 5.61. The summed E-state index contributed by atoms with van der Waals surface area (Å²) in [5.41, 5.74) is -0.331. The number of thioether (sulfide) groups is 1. The molecule has 2 fully saturated rings. The highest BCUT2D eigenvalue weighted by Gasteiger charge is 2.37. The van der Waals surface area contributed by atoms with Crippen molar-refractivity contribution >= 4 is 17.7 Å². The number of amides is 1. The van der Waals surface area contributed by atoms with E-state index in [1.807, 2.05) is 11.8 Å². The molecule has 3 nitrogen and oxygen atoms in total. The minimum atomic E-state index is -0.331. The van der Waals surface area contributed by atoms with E-state index in [0.29, 0.717) is 5.92 Å². The second-order valence-electron chi connectivity index (χ2n) is 5.69. The first-order valence-corrected chi connectivity index (χ1v) is 7.81. The van der Waals surface area contributed by atoms with E-state index >= 15 is 0 Å². The number of carbonyl (C=O) groups is 1. The average molecular weight is 257 g/mol. The zero-order valence-corrected chi connectivity index (χ0v) is 11.4. The molecule has 2 rings (SSSR count). The molecular formula is C13H23NO2S. The molecule has 2 N–H and O–H groups in total. The Morgan fingerprint density at radius 1 is 1.53 bits per heavy atom. The summed E-state index contributed by atoms with van der Waals surface area (Å²) in [4.78, 5) is 12.1. The Morgan fingerprint density at radius 3 is 2.94 bits per heavy atom. The summed E-state index contributed by atoms with van der Waals surface area (Å²) in [6.07, 6.45) is 5.18. The molecule has 4 heteroatoms. The molecule has 0 bridgehead atoms. The first-order chi connectivity index (χ1) is 8.15. The summed E-state index contributed by atoms with van der Waals surface area (Å²) >= 11 is 1.86. The van der Waals surface area contributed by atoms with E-state index in [9.17, 15) is 9.90 Å². The van der Waals surface area contributed by atoms with Crippen LogP contribution in [0, 0.1) is 11.8 Å². The fourth-order valence-corrected chi connectivity index (χ4v) is 4.28. The van der Waals surface area contributed by atoms with Gasteiger partial charge in [0, 0.05) is 11.7 Å². The van der Waals surface area contributed by atoms with Gasteiger partial charge in [-0.2, -0.15) is 11.8 Å². The van der Waals surface area contributed by atoms with Gasteiger partial charge in [0.1, 0.15) is 0 Å². The molecule has 98 valence electrons. The van der Waals surface area contributed by atoms with Crippen LogP contribution < -0.4 is 5.32 Å². The van der Waals surface area contributed by atoms with Crippen molar-refractivity contribution < 1.29 is 9.90 Å². The maximum Gasteiger partial charge on any atom is 0.224 e. The lowest BCUT2D eigenvalue weighted by molar-refractivity contribution is -0.127. The first kappa shape index (κ1) is 13.2. The number of nitrogens with one attached hydrogen (secondary N) is 1. The van der Waals surface area contributed by atoms with E-state index < -0.39 is 0 Å². The number of aliphatic hydroxyl groups is 1.